The molecule has 70 valence electrons. The molecule has 0 heterocycles. The van der Waals surface area contributed by atoms with Crippen LogP contribution in [0.4, 0.5) is 5.69 Å². The molecule has 1 aliphatic rings. The summed E-state index contributed by atoms with van der Waals surface area (Å²) in [6, 6.07) is 7.97. The summed E-state index contributed by atoms with van der Waals surface area (Å²) in [5, 5.41) is 0.389. The van der Waals surface area contributed by atoms with Crippen molar-refractivity contribution in [2.45, 2.75) is 25.0 Å². The number of hydrogen-bond acceptors (Lipinski definition) is 2. The van der Waals surface area contributed by atoms with Crippen molar-refractivity contribution in [1.82, 2.24) is 0 Å². The Morgan fingerprint density at radius 2 is 2.23 bits per heavy atom. The maximum atomic E-state index is 11.5. The molecule has 2 nitrogen and oxygen atoms in total. The molecular formula is C10H13NOS. The van der Waals surface area contributed by atoms with Crippen molar-refractivity contribution in [2.24, 2.45) is 0 Å². The topological polar surface area (TPSA) is 35.1 Å². The first-order valence-corrected chi connectivity index (χ1v) is 5.71. The average molecular weight is 195 g/mol. The minimum atomic E-state index is -0.870. The Labute approximate surface area is 81.7 Å². The molecule has 0 spiro atoms. The normalized spacial score (nSPS) is 18.3. The highest BCUT2D eigenvalue weighted by atomic mass is 32.2. The van der Waals surface area contributed by atoms with Gasteiger partial charge in [0.1, 0.15) is 5.25 Å². The standard InChI is InChI=1S/C10H13NOS/c1-8-3-2-4-9(7-8)11-13(12)10-5-6-10/h2-4,7,10-11H,5-6H2,1H3. The van der Waals surface area contributed by atoms with Crippen LogP contribution in [-0.2, 0) is 11.4 Å². The van der Waals surface area contributed by atoms with E-state index in [0.29, 0.717) is 5.25 Å². The monoisotopic (exact) mass is 195 g/mol. The van der Waals surface area contributed by atoms with Gasteiger partial charge in [0.15, 0.2) is 0 Å². The number of rotatable bonds is 3. The van der Waals surface area contributed by atoms with Gasteiger partial charge in [0, 0.05) is 12.8 Å². The molecule has 0 bridgehead atoms. The van der Waals surface area contributed by atoms with Crippen LogP contribution in [0.1, 0.15) is 18.4 Å². The molecule has 13 heavy (non-hydrogen) atoms. The molecule has 1 unspecified atom stereocenters. The third kappa shape index (κ3) is 2.39. The van der Waals surface area contributed by atoms with E-state index in [1.165, 1.54) is 5.56 Å². The van der Waals surface area contributed by atoms with E-state index >= 15 is 0 Å². The van der Waals surface area contributed by atoms with E-state index in [4.69, 9.17) is 0 Å². The molecule has 0 saturated heterocycles. The molecule has 1 atom stereocenters. The zero-order valence-corrected chi connectivity index (χ0v) is 8.43. The lowest BCUT2D eigenvalue weighted by Gasteiger charge is -2.11. The number of nitrogens with one attached hydrogen (secondary N) is 1. The molecular weight excluding hydrogens is 182 g/mol. The van der Waals surface area contributed by atoms with E-state index < -0.39 is 11.4 Å². The lowest BCUT2D eigenvalue weighted by molar-refractivity contribution is 0.599. The van der Waals surface area contributed by atoms with Crippen LogP contribution in [0.5, 0.6) is 0 Å². The van der Waals surface area contributed by atoms with Gasteiger partial charge in [-0.15, -0.1) is 0 Å². The highest BCUT2D eigenvalue weighted by Gasteiger charge is 2.35. The number of benzene rings is 1. The van der Waals surface area contributed by atoms with Crippen LogP contribution in [0.3, 0.4) is 0 Å². The van der Waals surface area contributed by atoms with Crippen molar-refractivity contribution in [3.05, 3.63) is 29.8 Å². The van der Waals surface area contributed by atoms with Gasteiger partial charge in [0.25, 0.3) is 0 Å². The number of aryl methyl sites for hydroxylation is 1. The number of anilines is 1. The quantitative estimate of drug-likeness (QED) is 0.751. The second kappa shape index (κ2) is 3.60. The van der Waals surface area contributed by atoms with Gasteiger partial charge < -0.3 is 4.55 Å². The molecule has 1 saturated carbocycles. The van der Waals surface area contributed by atoms with Gasteiger partial charge in [0.2, 0.25) is 0 Å². The minimum absolute atomic E-state index is 0.389. The summed E-state index contributed by atoms with van der Waals surface area (Å²) in [6.07, 6.45) is 2.21. The lowest BCUT2D eigenvalue weighted by atomic mass is 10.2. The molecule has 0 aromatic heterocycles. The van der Waals surface area contributed by atoms with Crippen LogP contribution < -0.4 is 4.72 Å². The Morgan fingerprint density at radius 3 is 2.85 bits per heavy atom. The molecule has 1 aliphatic carbocycles. The van der Waals surface area contributed by atoms with E-state index in [2.05, 4.69) is 4.72 Å². The summed E-state index contributed by atoms with van der Waals surface area (Å²) < 4.78 is 14.5. The van der Waals surface area contributed by atoms with E-state index in [1.807, 2.05) is 31.2 Å². The number of hydrogen-bond donors (Lipinski definition) is 1. The first-order chi connectivity index (χ1) is 6.25. The smallest absolute Gasteiger partial charge is 0.141 e. The van der Waals surface area contributed by atoms with Gasteiger partial charge in [-0.25, -0.2) is 4.72 Å². The van der Waals surface area contributed by atoms with Gasteiger partial charge in [-0.3, -0.25) is 0 Å². The van der Waals surface area contributed by atoms with E-state index in [9.17, 15) is 4.55 Å². The van der Waals surface area contributed by atoms with Crippen LogP contribution in [-0.4, -0.2) is 9.80 Å². The molecule has 0 amide bonds. The first-order valence-electron chi connectivity index (χ1n) is 4.49. The SMILES string of the molecule is Cc1cccc(N[S+]([O-])C2CC2)c1. The summed E-state index contributed by atoms with van der Waals surface area (Å²) in [7, 11) is 0. The average Bonchev–Trinajstić information content (AvgIpc) is 2.85. The molecule has 1 fully saturated rings. The fraction of sp³-hybridized carbons (Fsp3) is 0.400. The zero-order chi connectivity index (χ0) is 9.26. The summed E-state index contributed by atoms with van der Waals surface area (Å²) >= 11 is -0.870. The molecule has 0 radical (unpaired) electrons. The predicted octanol–water partition coefficient (Wildman–Crippen LogP) is 2.23. The maximum absolute atomic E-state index is 11.5. The van der Waals surface area contributed by atoms with Crippen LogP contribution in [0.15, 0.2) is 24.3 Å². The Morgan fingerprint density at radius 1 is 1.46 bits per heavy atom. The maximum Gasteiger partial charge on any atom is 0.141 e. The molecule has 0 aliphatic heterocycles. The van der Waals surface area contributed by atoms with E-state index in [0.717, 1.165) is 18.5 Å². The van der Waals surface area contributed by atoms with Gasteiger partial charge >= 0.3 is 0 Å². The van der Waals surface area contributed by atoms with E-state index in [1.54, 1.807) is 0 Å². The fourth-order valence-electron chi connectivity index (χ4n) is 1.19. The van der Waals surface area contributed by atoms with Crippen molar-refractivity contribution in [3.63, 3.8) is 0 Å². The Kier molecular flexibility index (Phi) is 2.47. The Hall–Kier alpha value is -0.670. The second-order valence-corrected chi connectivity index (χ2v) is 4.93. The highest BCUT2D eigenvalue weighted by Crippen LogP contribution is 2.29. The van der Waals surface area contributed by atoms with Crippen LogP contribution in [0, 0.1) is 6.92 Å². The fourth-order valence-corrected chi connectivity index (χ4v) is 2.28. The minimum Gasteiger partial charge on any atom is -0.593 e. The van der Waals surface area contributed by atoms with Crippen LogP contribution in [0.25, 0.3) is 0 Å². The van der Waals surface area contributed by atoms with Crippen molar-refractivity contribution < 1.29 is 4.55 Å². The first kappa shape index (κ1) is 8.91. The Bertz CT molecular complexity index is 299. The summed E-state index contributed by atoms with van der Waals surface area (Å²) in [4.78, 5) is 0. The predicted molar refractivity (Wildman–Crippen MR) is 56.0 cm³/mol. The van der Waals surface area contributed by atoms with Crippen molar-refractivity contribution in [2.75, 3.05) is 4.72 Å². The van der Waals surface area contributed by atoms with E-state index in [-0.39, 0.29) is 0 Å². The van der Waals surface area contributed by atoms with Crippen LogP contribution >= 0.6 is 0 Å². The molecule has 1 N–H and O–H groups in total. The summed E-state index contributed by atoms with van der Waals surface area (Å²) in [5.41, 5.74) is 2.16. The van der Waals surface area contributed by atoms with Gasteiger partial charge in [-0.2, -0.15) is 0 Å². The van der Waals surface area contributed by atoms with Gasteiger partial charge in [0.05, 0.1) is 17.0 Å². The largest absolute Gasteiger partial charge is 0.593 e. The van der Waals surface area contributed by atoms with Crippen molar-refractivity contribution in [3.8, 4) is 0 Å². The second-order valence-electron chi connectivity index (χ2n) is 3.47. The summed E-state index contributed by atoms with van der Waals surface area (Å²) in [5.74, 6) is 0. The Balaban J connectivity index is 2.00. The molecule has 3 heteroatoms. The molecule has 2 rings (SSSR count). The molecule has 1 aromatic rings. The third-order valence-corrected chi connectivity index (χ3v) is 3.58. The third-order valence-electron chi connectivity index (χ3n) is 2.06. The van der Waals surface area contributed by atoms with Crippen LogP contribution in [0.2, 0.25) is 0 Å². The lowest BCUT2D eigenvalue weighted by Crippen LogP contribution is -2.17. The zero-order valence-electron chi connectivity index (χ0n) is 7.62. The summed E-state index contributed by atoms with van der Waals surface area (Å²) in [6.45, 7) is 2.03. The van der Waals surface area contributed by atoms with Crippen molar-refractivity contribution >= 4 is 17.0 Å². The van der Waals surface area contributed by atoms with Gasteiger partial charge in [-0.05, 0) is 24.6 Å². The highest BCUT2D eigenvalue weighted by molar-refractivity contribution is 7.93. The van der Waals surface area contributed by atoms with Crippen molar-refractivity contribution in [1.29, 1.82) is 0 Å². The van der Waals surface area contributed by atoms with Gasteiger partial charge in [-0.1, -0.05) is 12.1 Å². The molecule has 1 aromatic carbocycles.